The van der Waals surface area contributed by atoms with Gasteiger partial charge in [-0.3, -0.25) is 28.9 Å². The summed E-state index contributed by atoms with van der Waals surface area (Å²) in [6.07, 6.45) is 9.60. The SMILES string of the molecule is CC(C)C[C@H]1C(=O)N[C@@H](C2CCCCC2)C(=O)N[C@@H](CN)C(=O)N[C@@H]([C@H](C)O)C(=O)NCCN(CC2CC3(CCC3)C2)[C@@H](C)C(=O)N1C. The molecule has 48 heavy (non-hydrogen) atoms. The molecule has 1 spiro atoms. The minimum absolute atomic E-state index is 0.0956. The highest BCUT2D eigenvalue weighted by atomic mass is 16.3. The second-order valence-corrected chi connectivity index (χ2v) is 15.6. The van der Waals surface area contributed by atoms with E-state index in [0.29, 0.717) is 30.8 Å². The summed E-state index contributed by atoms with van der Waals surface area (Å²) in [6.45, 7) is 8.26. The average Bonchev–Trinajstić information content (AvgIpc) is 3.01. The molecule has 4 aliphatic rings. The van der Waals surface area contributed by atoms with Gasteiger partial charge in [0.2, 0.25) is 29.5 Å². The van der Waals surface area contributed by atoms with Crippen molar-refractivity contribution in [2.75, 3.05) is 33.2 Å². The zero-order valence-electron chi connectivity index (χ0n) is 29.8. The van der Waals surface area contributed by atoms with Crippen molar-refractivity contribution in [1.29, 1.82) is 0 Å². The quantitative estimate of drug-likeness (QED) is 0.227. The van der Waals surface area contributed by atoms with Gasteiger partial charge in [-0.05, 0) is 82.0 Å². The molecule has 1 saturated heterocycles. The molecule has 4 rings (SSSR count). The van der Waals surface area contributed by atoms with Gasteiger partial charge >= 0.3 is 0 Å². The molecule has 0 aromatic rings. The number of carbonyl (C=O) groups excluding carboxylic acids is 5. The van der Waals surface area contributed by atoms with Gasteiger partial charge < -0.3 is 37.0 Å². The van der Waals surface area contributed by atoms with Crippen molar-refractivity contribution < 1.29 is 29.1 Å². The maximum absolute atomic E-state index is 14.2. The highest BCUT2D eigenvalue weighted by molar-refractivity contribution is 5.96. The van der Waals surface area contributed by atoms with Crippen molar-refractivity contribution in [1.82, 2.24) is 31.1 Å². The number of hydrogen-bond donors (Lipinski definition) is 6. The van der Waals surface area contributed by atoms with Gasteiger partial charge in [-0.1, -0.05) is 39.5 Å². The van der Waals surface area contributed by atoms with Crippen LogP contribution in [-0.4, -0.2) is 114 Å². The van der Waals surface area contributed by atoms with Gasteiger partial charge in [0.15, 0.2) is 0 Å². The van der Waals surface area contributed by atoms with E-state index in [-0.39, 0.29) is 30.8 Å². The first-order valence-corrected chi connectivity index (χ1v) is 18.3. The van der Waals surface area contributed by atoms with Crippen LogP contribution in [0.3, 0.4) is 0 Å². The fourth-order valence-corrected chi connectivity index (χ4v) is 8.34. The summed E-state index contributed by atoms with van der Waals surface area (Å²) in [7, 11) is 1.66. The van der Waals surface area contributed by atoms with Crippen LogP contribution < -0.4 is 27.0 Å². The highest BCUT2D eigenvalue weighted by Crippen LogP contribution is 2.58. The van der Waals surface area contributed by atoms with E-state index in [1.165, 1.54) is 31.1 Å². The Morgan fingerprint density at radius 2 is 1.56 bits per heavy atom. The van der Waals surface area contributed by atoms with Crippen molar-refractivity contribution >= 4 is 29.5 Å². The third kappa shape index (κ3) is 9.26. The molecular formula is C35H61N7O6. The molecule has 3 aliphatic carbocycles. The summed E-state index contributed by atoms with van der Waals surface area (Å²) in [4.78, 5) is 72.4. The molecule has 272 valence electrons. The molecule has 7 N–H and O–H groups in total. The second-order valence-electron chi connectivity index (χ2n) is 15.6. The lowest BCUT2D eigenvalue weighted by Crippen LogP contribution is -2.63. The molecule has 3 saturated carbocycles. The predicted molar refractivity (Wildman–Crippen MR) is 182 cm³/mol. The first kappa shape index (κ1) is 38.0. The number of amides is 5. The Morgan fingerprint density at radius 1 is 0.896 bits per heavy atom. The molecule has 5 amide bonds. The third-order valence-corrected chi connectivity index (χ3v) is 11.4. The van der Waals surface area contributed by atoms with E-state index < -0.39 is 59.9 Å². The summed E-state index contributed by atoms with van der Waals surface area (Å²) >= 11 is 0. The summed E-state index contributed by atoms with van der Waals surface area (Å²) in [5.41, 5.74) is 6.40. The Hall–Kier alpha value is -2.77. The number of aliphatic hydroxyl groups is 1. The molecular weight excluding hydrogens is 614 g/mol. The van der Waals surface area contributed by atoms with Crippen molar-refractivity contribution in [3.63, 3.8) is 0 Å². The van der Waals surface area contributed by atoms with Gasteiger partial charge in [0.05, 0.1) is 12.1 Å². The Kier molecular flexibility index (Phi) is 13.3. The fraction of sp³-hybridized carbons (Fsp3) is 0.857. The number of carbonyl (C=O) groups is 5. The molecule has 0 aromatic heterocycles. The first-order valence-electron chi connectivity index (χ1n) is 18.3. The third-order valence-electron chi connectivity index (χ3n) is 11.4. The van der Waals surface area contributed by atoms with Gasteiger partial charge in [0.25, 0.3) is 0 Å². The largest absolute Gasteiger partial charge is 0.391 e. The van der Waals surface area contributed by atoms with E-state index in [4.69, 9.17) is 5.73 Å². The van der Waals surface area contributed by atoms with Gasteiger partial charge in [0.1, 0.15) is 24.2 Å². The Balaban J connectivity index is 1.65. The monoisotopic (exact) mass is 675 g/mol. The molecule has 13 nitrogen and oxygen atoms in total. The molecule has 13 heteroatoms. The lowest BCUT2D eigenvalue weighted by atomic mass is 9.52. The maximum atomic E-state index is 14.2. The molecule has 0 unspecified atom stereocenters. The molecule has 0 aromatic carbocycles. The fourth-order valence-electron chi connectivity index (χ4n) is 8.34. The molecule has 1 heterocycles. The summed E-state index contributed by atoms with van der Waals surface area (Å²) in [5, 5.41) is 21.6. The zero-order chi connectivity index (χ0) is 35.2. The van der Waals surface area contributed by atoms with Gasteiger partial charge in [-0.25, -0.2) is 0 Å². The van der Waals surface area contributed by atoms with Crippen molar-refractivity contribution in [2.45, 2.75) is 135 Å². The summed E-state index contributed by atoms with van der Waals surface area (Å²) < 4.78 is 0. The zero-order valence-corrected chi connectivity index (χ0v) is 29.8. The standard InChI is InChI=1S/C35H61N7O6/c1-21(2)16-27-31(45)40-29(25-10-7-6-8-11-25)33(47)38-26(19-36)30(44)39-28(23(4)43)32(46)37-14-15-42(22(3)34(48)41(27)5)20-24-17-35(18-24)12-9-13-35/h21-29,43H,6-20,36H2,1-5H3,(H,37,46)(H,38,47)(H,39,44)(H,40,45)/t22-,23-,26-,27-,28-,29-/m0/s1. The van der Waals surface area contributed by atoms with Crippen LogP contribution in [0.2, 0.25) is 0 Å². The van der Waals surface area contributed by atoms with Gasteiger partial charge in [0, 0.05) is 33.2 Å². The highest BCUT2D eigenvalue weighted by Gasteiger charge is 2.49. The van der Waals surface area contributed by atoms with Crippen LogP contribution in [0.5, 0.6) is 0 Å². The van der Waals surface area contributed by atoms with Crippen LogP contribution in [0.15, 0.2) is 0 Å². The normalized spacial score (nSPS) is 31.5. The molecule has 6 atom stereocenters. The first-order chi connectivity index (χ1) is 22.7. The molecule has 4 fully saturated rings. The number of aliphatic hydroxyl groups excluding tert-OH is 1. The maximum Gasteiger partial charge on any atom is 0.245 e. The van der Waals surface area contributed by atoms with Gasteiger partial charge in [-0.2, -0.15) is 0 Å². The Bertz CT molecular complexity index is 1150. The summed E-state index contributed by atoms with van der Waals surface area (Å²) in [6, 6.07) is -4.78. The van der Waals surface area contributed by atoms with E-state index in [2.05, 4.69) is 26.2 Å². The van der Waals surface area contributed by atoms with E-state index in [0.717, 1.165) is 44.9 Å². The number of nitrogens with one attached hydrogen (secondary N) is 4. The van der Waals surface area contributed by atoms with Crippen molar-refractivity contribution in [2.24, 2.45) is 28.9 Å². The van der Waals surface area contributed by atoms with Crippen molar-refractivity contribution in [3.8, 4) is 0 Å². The molecule has 1 aliphatic heterocycles. The average molecular weight is 676 g/mol. The van der Waals surface area contributed by atoms with Crippen molar-refractivity contribution in [3.05, 3.63) is 0 Å². The Morgan fingerprint density at radius 3 is 2.12 bits per heavy atom. The Labute approximate surface area is 286 Å². The van der Waals surface area contributed by atoms with E-state index in [1.807, 2.05) is 20.8 Å². The number of likely N-dealkylation sites (N-methyl/N-ethyl adjacent to an activating group) is 1. The van der Waals surface area contributed by atoms with E-state index in [9.17, 15) is 29.1 Å². The van der Waals surface area contributed by atoms with Crippen LogP contribution in [0.4, 0.5) is 0 Å². The topological polar surface area (TPSA) is 186 Å². The minimum Gasteiger partial charge on any atom is -0.391 e. The molecule has 0 radical (unpaired) electrons. The lowest BCUT2D eigenvalue weighted by molar-refractivity contribution is -0.145. The van der Waals surface area contributed by atoms with Crippen LogP contribution in [-0.2, 0) is 24.0 Å². The van der Waals surface area contributed by atoms with Crippen LogP contribution >= 0.6 is 0 Å². The minimum atomic E-state index is -1.28. The number of rotatable bonds is 7. The van der Waals surface area contributed by atoms with E-state index in [1.54, 1.807) is 7.05 Å². The lowest BCUT2D eigenvalue weighted by Gasteiger charge is -2.55. The molecule has 0 bridgehead atoms. The summed E-state index contributed by atoms with van der Waals surface area (Å²) in [5.74, 6) is -2.01. The van der Waals surface area contributed by atoms with E-state index >= 15 is 0 Å². The predicted octanol–water partition coefficient (Wildman–Crippen LogP) is 0.634. The van der Waals surface area contributed by atoms with Crippen LogP contribution in [0, 0.1) is 23.2 Å². The van der Waals surface area contributed by atoms with Crippen LogP contribution in [0.25, 0.3) is 0 Å². The number of hydrogen-bond acceptors (Lipinski definition) is 8. The second kappa shape index (κ2) is 16.8. The number of nitrogens with two attached hydrogens (primary N) is 1. The van der Waals surface area contributed by atoms with Gasteiger partial charge in [-0.15, -0.1) is 0 Å². The van der Waals surface area contributed by atoms with Crippen LogP contribution in [0.1, 0.15) is 98.3 Å². The number of nitrogens with zero attached hydrogens (tertiary/aromatic N) is 2. The smallest absolute Gasteiger partial charge is 0.245 e.